The summed E-state index contributed by atoms with van der Waals surface area (Å²) in [5, 5.41) is 1.21. The fourth-order valence-corrected chi connectivity index (χ4v) is 8.57. The molecular formula is C44H33BN2O. The number of nitrogens with zero attached hydrogens (tertiary/aromatic N) is 2. The maximum absolute atomic E-state index is 6.85. The van der Waals surface area contributed by atoms with Crippen LogP contribution in [-0.4, -0.2) is 6.71 Å². The Labute approximate surface area is 281 Å². The molecule has 2 aliphatic carbocycles. The van der Waals surface area contributed by atoms with Crippen LogP contribution in [0.1, 0.15) is 43.6 Å². The molecule has 1 saturated carbocycles. The van der Waals surface area contributed by atoms with E-state index in [9.17, 15) is 0 Å². The van der Waals surface area contributed by atoms with Crippen molar-refractivity contribution in [1.82, 2.24) is 0 Å². The summed E-state index contributed by atoms with van der Waals surface area (Å²) in [7, 11) is 0. The number of para-hydroxylation sites is 3. The van der Waals surface area contributed by atoms with Gasteiger partial charge in [0.05, 0.1) is 11.4 Å². The molecule has 3 nitrogen and oxygen atoms in total. The van der Waals surface area contributed by atoms with Crippen molar-refractivity contribution in [1.29, 1.82) is 0 Å². The number of anilines is 5. The lowest BCUT2D eigenvalue weighted by molar-refractivity contribution is 0.444. The van der Waals surface area contributed by atoms with E-state index in [4.69, 9.17) is 4.42 Å². The van der Waals surface area contributed by atoms with Crippen molar-refractivity contribution in [3.8, 4) is 11.1 Å². The molecule has 1 fully saturated rings. The summed E-state index contributed by atoms with van der Waals surface area (Å²) in [5.74, 6) is 0.574. The van der Waals surface area contributed by atoms with Crippen molar-refractivity contribution in [2.24, 2.45) is 0 Å². The molecule has 0 spiro atoms. The van der Waals surface area contributed by atoms with E-state index in [1.54, 1.807) is 0 Å². The molecule has 3 heterocycles. The van der Waals surface area contributed by atoms with Gasteiger partial charge in [-0.3, -0.25) is 0 Å². The molecule has 6 aromatic rings. The van der Waals surface area contributed by atoms with Crippen LogP contribution in [-0.2, 0) is 0 Å². The minimum atomic E-state index is 0.0172. The van der Waals surface area contributed by atoms with E-state index in [-0.39, 0.29) is 6.71 Å². The van der Waals surface area contributed by atoms with E-state index >= 15 is 0 Å². The summed E-state index contributed by atoms with van der Waals surface area (Å²) in [6.07, 6.45) is 12.5. The largest absolute Gasteiger partial charge is 0.470 e. The third-order valence-corrected chi connectivity index (χ3v) is 10.7. The molecule has 0 bridgehead atoms. The van der Waals surface area contributed by atoms with Crippen LogP contribution in [0.15, 0.2) is 155 Å². The third kappa shape index (κ3) is 4.17. The fourth-order valence-electron chi connectivity index (χ4n) is 8.57. The molecule has 0 atom stereocenters. The van der Waals surface area contributed by atoms with Crippen LogP contribution in [0.2, 0.25) is 0 Å². The third-order valence-electron chi connectivity index (χ3n) is 10.7. The van der Waals surface area contributed by atoms with Gasteiger partial charge >= 0.3 is 0 Å². The molecule has 10 rings (SSSR count). The lowest BCUT2D eigenvalue weighted by Crippen LogP contribution is -2.54. The summed E-state index contributed by atoms with van der Waals surface area (Å²) in [6.45, 7) is 0.0172. The van der Waals surface area contributed by atoms with Gasteiger partial charge in [-0.25, -0.2) is 0 Å². The Morgan fingerprint density at radius 3 is 2.35 bits per heavy atom. The summed E-state index contributed by atoms with van der Waals surface area (Å²) in [4.78, 5) is 4.79. The number of hydrogen-bond acceptors (Lipinski definition) is 3. The fraction of sp³-hybridized carbons (Fsp3) is 0.136. The van der Waals surface area contributed by atoms with Gasteiger partial charge in [-0.15, -0.1) is 0 Å². The van der Waals surface area contributed by atoms with Gasteiger partial charge in [0, 0.05) is 39.4 Å². The van der Waals surface area contributed by atoms with Crippen molar-refractivity contribution >= 4 is 62.7 Å². The highest BCUT2D eigenvalue weighted by molar-refractivity contribution is 7.01. The topological polar surface area (TPSA) is 19.6 Å². The van der Waals surface area contributed by atoms with Gasteiger partial charge in [0.2, 0.25) is 0 Å². The Bertz CT molecular complexity index is 2370. The first-order chi connectivity index (χ1) is 23.8. The molecule has 48 heavy (non-hydrogen) atoms. The molecule has 1 aromatic heterocycles. The first-order valence-corrected chi connectivity index (χ1v) is 17.3. The van der Waals surface area contributed by atoms with E-state index in [2.05, 4.69) is 143 Å². The predicted octanol–water partition coefficient (Wildman–Crippen LogP) is 9.66. The zero-order valence-corrected chi connectivity index (χ0v) is 26.7. The monoisotopic (exact) mass is 616 g/mol. The van der Waals surface area contributed by atoms with E-state index in [1.165, 1.54) is 76.5 Å². The zero-order valence-electron chi connectivity index (χ0n) is 26.7. The van der Waals surface area contributed by atoms with Crippen molar-refractivity contribution in [3.63, 3.8) is 0 Å². The van der Waals surface area contributed by atoms with E-state index in [0.29, 0.717) is 5.92 Å². The SMILES string of the molecule is C1=C=C(N(c2ccccc2)c2ccc3c(c2)N(c2ccccc2)c2cc(C4CCCCC4)cc4c2B3c2oc3ccccc3c2-4)C=CC=1. The van der Waals surface area contributed by atoms with Crippen LogP contribution in [0.25, 0.3) is 22.1 Å². The van der Waals surface area contributed by atoms with Gasteiger partial charge in [0.15, 0.2) is 0 Å². The molecule has 4 heteroatoms. The number of hydrogen-bond donors (Lipinski definition) is 0. The number of allylic oxidation sites excluding steroid dienone is 3. The van der Waals surface area contributed by atoms with Gasteiger partial charge < -0.3 is 14.2 Å². The molecule has 2 aliphatic heterocycles. The van der Waals surface area contributed by atoms with E-state index in [0.717, 1.165) is 34.0 Å². The summed E-state index contributed by atoms with van der Waals surface area (Å²) in [6, 6.07) is 42.0. The van der Waals surface area contributed by atoms with E-state index < -0.39 is 0 Å². The predicted molar refractivity (Wildman–Crippen MR) is 200 cm³/mol. The van der Waals surface area contributed by atoms with Crippen molar-refractivity contribution in [2.75, 3.05) is 9.80 Å². The second-order valence-electron chi connectivity index (χ2n) is 13.4. The number of furan rings is 1. The smallest absolute Gasteiger partial charge is 0.293 e. The number of benzene rings is 5. The molecule has 0 radical (unpaired) electrons. The molecule has 0 unspecified atom stereocenters. The second kappa shape index (κ2) is 11.0. The van der Waals surface area contributed by atoms with Crippen LogP contribution in [0.5, 0.6) is 0 Å². The van der Waals surface area contributed by atoms with Crippen molar-refractivity contribution in [2.45, 2.75) is 38.0 Å². The van der Waals surface area contributed by atoms with Crippen LogP contribution in [0, 0.1) is 0 Å². The van der Waals surface area contributed by atoms with E-state index in [1.807, 2.05) is 12.2 Å². The van der Waals surface area contributed by atoms with Gasteiger partial charge in [0.1, 0.15) is 5.58 Å². The van der Waals surface area contributed by atoms with Crippen molar-refractivity contribution < 1.29 is 4.42 Å². The van der Waals surface area contributed by atoms with Gasteiger partial charge in [-0.05, 0) is 107 Å². The molecule has 228 valence electrons. The number of fused-ring (bicyclic) bond motifs is 7. The average Bonchev–Trinajstić information content (AvgIpc) is 3.69. The maximum Gasteiger partial charge on any atom is 0.293 e. The Morgan fingerprint density at radius 1 is 0.750 bits per heavy atom. The molecule has 0 amide bonds. The summed E-state index contributed by atoms with van der Waals surface area (Å²) in [5.41, 5.74) is 22.0. The molecule has 0 saturated heterocycles. The highest BCUT2D eigenvalue weighted by atomic mass is 16.3. The number of rotatable bonds is 5. The highest BCUT2D eigenvalue weighted by Gasteiger charge is 2.46. The second-order valence-corrected chi connectivity index (χ2v) is 13.4. The Morgan fingerprint density at radius 2 is 1.54 bits per heavy atom. The van der Waals surface area contributed by atoms with Gasteiger partial charge in [-0.2, -0.15) is 0 Å². The van der Waals surface area contributed by atoms with Crippen LogP contribution < -0.4 is 26.4 Å². The molecule has 5 aromatic carbocycles. The van der Waals surface area contributed by atoms with Gasteiger partial charge in [-0.1, -0.05) is 97.8 Å². The van der Waals surface area contributed by atoms with Crippen LogP contribution in [0.4, 0.5) is 28.4 Å². The minimum Gasteiger partial charge on any atom is -0.470 e. The van der Waals surface area contributed by atoms with Crippen LogP contribution in [0.3, 0.4) is 0 Å². The van der Waals surface area contributed by atoms with Crippen molar-refractivity contribution in [3.05, 3.63) is 156 Å². The Balaban J connectivity index is 1.26. The summed E-state index contributed by atoms with van der Waals surface area (Å²) < 4.78 is 6.85. The first-order valence-electron chi connectivity index (χ1n) is 17.3. The standard InChI is InChI=1S/C44H33BN2O/c1-5-15-30(16-6-1)31-27-37-42-36-23-13-14-24-41(36)48-44(42)45-38-26-25-35(46(32-17-7-2-8-18-32)33-19-9-3-10-20-33)29-39(38)47(40(28-31)43(37)45)34-21-11-4-12-22-34/h2-4,7-9,11-14,17-19,21-30H,1,5-6,15-16H2. The Kier molecular flexibility index (Phi) is 6.27. The molecule has 4 aliphatic rings. The highest BCUT2D eigenvalue weighted by Crippen LogP contribution is 2.47. The lowest BCUT2D eigenvalue weighted by atomic mass is 9.39. The van der Waals surface area contributed by atoms with Crippen LogP contribution >= 0.6 is 0 Å². The maximum atomic E-state index is 6.85. The van der Waals surface area contributed by atoms with Gasteiger partial charge in [0.25, 0.3) is 6.71 Å². The minimum absolute atomic E-state index is 0.0172. The molecule has 0 N–H and O–H groups in total. The Hall–Kier alpha value is -5.66. The zero-order chi connectivity index (χ0) is 31.6. The quantitative estimate of drug-likeness (QED) is 0.142. The normalized spacial score (nSPS) is 15.8. The lowest BCUT2D eigenvalue weighted by Gasteiger charge is -2.37. The summed E-state index contributed by atoms with van der Waals surface area (Å²) >= 11 is 0. The molecular weight excluding hydrogens is 583 g/mol. The average molecular weight is 617 g/mol. The first kappa shape index (κ1) is 27.5.